The molecule has 16 heavy (non-hydrogen) atoms. The lowest BCUT2D eigenvalue weighted by molar-refractivity contribution is -0.117. The lowest BCUT2D eigenvalue weighted by atomic mass is 10.1. The maximum absolute atomic E-state index is 11.7. The van der Waals surface area contributed by atoms with Crippen LogP contribution in [-0.4, -0.2) is 17.9 Å². The SMILES string of the molecule is [2H][C@@H]([C@@H](C)OC(=O)c1ccccc1)[C@@H]([2H])C(C)=O. The van der Waals surface area contributed by atoms with Crippen molar-refractivity contribution in [3.05, 3.63) is 35.9 Å². The van der Waals surface area contributed by atoms with E-state index in [0.717, 1.165) is 0 Å². The van der Waals surface area contributed by atoms with Gasteiger partial charge in [-0.1, -0.05) is 18.2 Å². The highest BCUT2D eigenvalue weighted by molar-refractivity contribution is 5.89. The Hall–Kier alpha value is -1.64. The van der Waals surface area contributed by atoms with Crippen LogP contribution in [0.2, 0.25) is 0 Å². The van der Waals surface area contributed by atoms with E-state index in [9.17, 15) is 9.59 Å². The number of benzene rings is 1. The maximum atomic E-state index is 11.7. The molecule has 0 fully saturated rings. The van der Waals surface area contributed by atoms with Crippen molar-refractivity contribution in [3.63, 3.8) is 0 Å². The van der Waals surface area contributed by atoms with E-state index in [1.54, 1.807) is 30.3 Å². The molecule has 0 aliphatic heterocycles. The van der Waals surface area contributed by atoms with Gasteiger partial charge in [-0.25, -0.2) is 4.79 Å². The smallest absolute Gasteiger partial charge is 0.338 e. The van der Waals surface area contributed by atoms with Crippen molar-refractivity contribution < 1.29 is 17.1 Å². The van der Waals surface area contributed by atoms with E-state index in [1.165, 1.54) is 13.8 Å². The molecule has 0 amide bonds. The summed E-state index contributed by atoms with van der Waals surface area (Å²) in [5, 5.41) is 0. The van der Waals surface area contributed by atoms with Gasteiger partial charge in [-0.15, -0.1) is 0 Å². The Balaban J connectivity index is 2.62. The standard InChI is InChI=1S/C13H16O3/c1-10(14)8-9-11(2)16-13(15)12-6-4-3-5-7-12/h3-7,11H,8-9H2,1-2H3/t11-/m1/s1/i8D,9D/t8-,9-,11-. The van der Waals surface area contributed by atoms with Crippen LogP contribution in [0.25, 0.3) is 0 Å². The normalized spacial score (nSPS) is 17.6. The number of ketones is 1. The number of hydrogen-bond acceptors (Lipinski definition) is 3. The number of Topliss-reactive ketones (excluding diaryl/α,β-unsaturated/α-hetero) is 1. The van der Waals surface area contributed by atoms with Gasteiger partial charge in [-0.3, -0.25) is 0 Å². The Morgan fingerprint density at radius 3 is 2.56 bits per heavy atom. The van der Waals surface area contributed by atoms with Gasteiger partial charge in [0.15, 0.2) is 0 Å². The first-order valence-electron chi connectivity index (χ1n) is 6.20. The molecule has 0 N–H and O–H groups in total. The van der Waals surface area contributed by atoms with Crippen LogP contribution in [0, 0.1) is 0 Å². The molecule has 1 aromatic carbocycles. The minimum Gasteiger partial charge on any atom is -0.459 e. The van der Waals surface area contributed by atoms with Gasteiger partial charge in [-0.05, 0) is 32.4 Å². The molecule has 1 rings (SSSR count). The second-order valence-corrected chi connectivity index (χ2v) is 3.45. The molecular formula is C13H16O3. The highest BCUT2D eigenvalue weighted by Crippen LogP contribution is 2.07. The summed E-state index contributed by atoms with van der Waals surface area (Å²) < 4.78 is 20.2. The van der Waals surface area contributed by atoms with Gasteiger partial charge in [0.05, 0.1) is 11.7 Å². The molecule has 0 saturated carbocycles. The summed E-state index contributed by atoms with van der Waals surface area (Å²) in [7, 11) is 0. The van der Waals surface area contributed by atoms with E-state index in [-0.39, 0.29) is 0 Å². The van der Waals surface area contributed by atoms with Gasteiger partial charge >= 0.3 is 5.97 Å². The zero-order chi connectivity index (χ0) is 13.7. The Bertz CT molecular complexity index is 420. The fourth-order valence-electron chi connectivity index (χ4n) is 1.12. The largest absolute Gasteiger partial charge is 0.459 e. The monoisotopic (exact) mass is 222 g/mol. The van der Waals surface area contributed by atoms with Crippen molar-refractivity contribution >= 4 is 11.8 Å². The zero-order valence-electron chi connectivity index (χ0n) is 11.3. The van der Waals surface area contributed by atoms with Gasteiger partial charge in [0.25, 0.3) is 0 Å². The molecule has 0 aliphatic rings. The van der Waals surface area contributed by atoms with Crippen LogP contribution in [-0.2, 0) is 9.53 Å². The third-order valence-electron chi connectivity index (χ3n) is 1.90. The van der Waals surface area contributed by atoms with E-state index < -0.39 is 30.7 Å². The molecule has 3 heteroatoms. The fraction of sp³-hybridized carbons (Fsp3) is 0.385. The predicted molar refractivity (Wildman–Crippen MR) is 61.2 cm³/mol. The lowest BCUT2D eigenvalue weighted by Crippen LogP contribution is -2.15. The molecule has 0 radical (unpaired) electrons. The minimum absolute atomic E-state index is 0.390. The average molecular weight is 222 g/mol. The first kappa shape index (κ1) is 9.58. The molecule has 0 aliphatic carbocycles. The molecule has 3 atom stereocenters. The number of esters is 1. The molecule has 0 heterocycles. The van der Waals surface area contributed by atoms with Crippen LogP contribution in [0.5, 0.6) is 0 Å². The number of ether oxygens (including phenoxy) is 1. The summed E-state index contributed by atoms with van der Waals surface area (Å²) in [6.07, 6.45) is -3.07. The third-order valence-corrected chi connectivity index (χ3v) is 1.90. The van der Waals surface area contributed by atoms with Crippen molar-refractivity contribution in [1.29, 1.82) is 0 Å². The second kappa shape index (κ2) is 6.05. The number of rotatable bonds is 5. The average Bonchev–Trinajstić information content (AvgIpc) is 2.37. The van der Waals surface area contributed by atoms with Crippen molar-refractivity contribution in [2.24, 2.45) is 0 Å². The second-order valence-electron chi connectivity index (χ2n) is 3.45. The Morgan fingerprint density at radius 1 is 1.38 bits per heavy atom. The molecular weight excluding hydrogens is 204 g/mol. The Morgan fingerprint density at radius 2 is 2.00 bits per heavy atom. The topological polar surface area (TPSA) is 43.4 Å². The van der Waals surface area contributed by atoms with Crippen LogP contribution in [0.1, 0.15) is 39.7 Å². The van der Waals surface area contributed by atoms with Crippen molar-refractivity contribution in [1.82, 2.24) is 0 Å². The number of hydrogen-bond donors (Lipinski definition) is 0. The maximum Gasteiger partial charge on any atom is 0.338 e. The number of carbonyl (C=O) groups is 2. The van der Waals surface area contributed by atoms with Crippen LogP contribution >= 0.6 is 0 Å². The Kier molecular flexibility index (Phi) is 3.62. The summed E-state index contributed by atoms with van der Waals surface area (Å²) in [4.78, 5) is 22.7. The predicted octanol–water partition coefficient (Wildman–Crippen LogP) is 2.60. The van der Waals surface area contributed by atoms with E-state index in [2.05, 4.69) is 0 Å². The van der Waals surface area contributed by atoms with E-state index in [1.807, 2.05) is 0 Å². The van der Waals surface area contributed by atoms with Crippen molar-refractivity contribution in [2.45, 2.75) is 32.7 Å². The Labute approximate surface area is 98.2 Å². The van der Waals surface area contributed by atoms with E-state index >= 15 is 0 Å². The van der Waals surface area contributed by atoms with Gasteiger partial charge < -0.3 is 9.53 Å². The van der Waals surface area contributed by atoms with Crippen molar-refractivity contribution in [2.75, 3.05) is 0 Å². The lowest BCUT2D eigenvalue weighted by Gasteiger charge is -2.12. The first-order valence-corrected chi connectivity index (χ1v) is 5.04. The van der Waals surface area contributed by atoms with Crippen LogP contribution < -0.4 is 0 Å². The summed E-state index contributed by atoms with van der Waals surface area (Å²) in [5.74, 6) is -0.950. The summed E-state index contributed by atoms with van der Waals surface area (Å²) in [6, 6.07) is 8.42. The van der Waals surface area contributed by atoms with E-state index in [0.29, 0.717) is 5.56 Å². The highest BCUT2D eigenvalue weighted by atomic mass is 16.5. The van der Waals surface area contributed by atoms with Gasteiger partial charge in [-0.2, -0.15) is 0 Å². The fourth-order valence-corrected chi connectivity index (χ4v) is 1.12. The molecule has 0 unspecified atom stereocenters. The molecule has 0 saturated heterocycles. The van der Waals surface area contributed by atoms with Crippen LogP contribution in [0.4, 0.5) is 0 Å². The first-order chi connectivity index (χ1) is 8.43. The zero-order valence-corrected chi connectivity index (χ0v) is 9.34. The van der Waals surface area contributed by atoms with Gasteiger partial charge in [0.1, 0.15) is 5.78 Å². The molecule has 0 spiro atoms. The van der Waals surface area contributed by atoms with Gasteiger partial charge in [0, 0.05) is 9.14 Å². The van der Waals surface area contributed by atoms with Gasteiger partial charge in [0.2, 0.25) is 0 Å². The highest BCUT2D eigenvalue weighted by Gasteiger charge is 2.11. The molecule has 1 aromatic rings. The summed E-state index contributed by atoms with van der Waals surface area (Å²) in [5.41, 5.74) is 0.390. The van der Waals surface area contributed by atoms with Crippen LogP contribution in [0.3, 0.4) is 0 Å². The molecule has 0 aromatic heterocycles. The summed E-state index contributed by atoms with van der Waals surface area (Å²) >= 11 is 0. The van der Waals surface area contributed by atoms with E-state index in [4.69, 9.17) is 7.48 Å². The minimum atomic E-state index is -1.19. The molecule has 3 nitrogen and oxygen atoms in total. The summed E-state index contributed by atoms with van der Waals surface area (Å²) in [6.45, 7) is 2.77. The molecule has 86 valence electrons. The molecule has 0 bridgehead atoms. The quantitative estimate of drug-likeness (QED) is 0.719. The number of carbonyl (C=O) groups excluding carboxylic acids is 2. The van der Waals surface area contributed by atoms with Crippen LogP contribution in [0.15, 0.2) is 30.3 Å². The third kappa shape index (κ3) is 4.26. The van der Waals surface area contributed by atoms with Crippen molar-refractivity contribution in [3.8, 4) is 0 Å².